The number of aromatic nitrogens is 4. The van der Waals surface area contributed by atoms with Crippen LogP contribution in [0.15, 0.2) is 42.5 Å². The number of carbonyl (C=O) groups is 1. The Bertz CT molecular complexity index is 1350. The van der Waals surface area contributed by atoms with Gasteiger partial charge in [0, 0.05) is 29.3 Å². The Kier molecular flexibility index (Phi) is 5.88. The van der Waals surface area contributed by atoms with Gasteiger partial charge in [0.15, 0.2) is 10.9 Å². The molecule has 162 valence electrons. The van der Waals surface area contributed by atoms with E-state index in [9.17, 15) is 14.9 Å². The Hall–Kier alpha value is -3.77. The van der Waals surface area contributed by atoms with Crippen LogP contribution in [0.2, 0.25) is 0 Å². The number of nitro groups is 1. The smallest absolute Gasteiger partial charge is 0.273 e. The van der Waals surface area contributed by atoms with E-state index in [4.69, 9.17) is 12.2 Å². The molecule has 4 rings (SSSR count). The maximum atomic E-state index is 12.4. The normalized spacial score (nSPS) is 10.8. The maximum absolute atomic E-state index is 12.4. The largest absolute Gasteiger partial charge is 0.358 e. The first-order chi connectivity index (χ1) is 15.3. The molecule has 2 aromatic heterocycles. The van der Waals surface area contributed by atoms with Crippen LogP contribution in [-0.4, -0.2) is 35.8 Å². The van der Waals surface area contributed by atoms with Gasteiger partial charge in [-0.25, -0.2) is 0 Å². The van der Waals surface area contributed by atoms with E-state index in [1.54, 1.807) is 11.4 Å². The lowest BCUT2D eigenvalue weighted by atomic mass is 10.1. The predicted octanol–water partition coefficient (Wildman–Crippen LogP) is 3.18. The second-order valence-electron chi connectivity index (χ2n) is 6.94. The molecule has 0 unspecified atom stereocenters. The van der Waals surface area contributed by atoms with Crippen molar-refractivity contribution in [2.75, 3.05) is 0 Å². The zero-order chi connectivity index (χ0) is 22.8. The summed E-state index contributed by atoms with van der Waals surface area (Å²) in [4.78, 5) is 23.6. The van der Waals surface area contributed by atoms with E-state index in [-0.39, 0.29) is 16.4 Å². The molecule has 10 nitrogen and oxygen atoms in total. The number of carbonyl (C=O) groups excluding carboxylic acids is 1. The summed E-state index contributed by atoms with van der Waals surface area (Å²) in [5, 5.41) is 30.1. The summed E-state index contributed by atoms with van der Waals surface area (Å²) in [6.07, 6.45) is 0. The van der Waals surface area contributed by atoms with Crippen LogP contribution in [0.3, 0.4) is 0 Å². The topological polar surface area (TPSA) is 127 Å². The standard InChI is InChI=1S/C20H17N7O3S2/c1-11-3-6-15(9-16(11)27(29)30)17(28)22-19(31)21-10-13-4-7-14(8-5-13)18-25-26-12(2)23-24-20(26)32-18/h3-9H,10H2,1-2H3,(H2,21,22,28,31). The Morgan fingerprint density at radius 1 is 1.19 bits per heavy atom. The van der Waals surface area contributed by atoms with Crippen LogP contribution in [0.5, 0.6) is 0 Å². The molecule has 0 bridgehead atoms. The molecule has 0 fully saturated rings. The highest BCUT2D eigenvalue weighted by Crippen LogP contribution is 2.25. The minimum atomic E-state index is -0.520. The van der Waals surface area contributed by atoms with Crippen LogP contribution in [0.4, 0.5) is 5.69 Å². The van der Waals surface area contributed by atoms with Crippen molar-refractivity contribution in [2.45, 2.75) is 20.4 Å². The van der Waals surface area contributed by atoms with E-state index in [0.29, 0.717) is 12.1 Å². The van der Waals surface area contributed by atoms with E-state index in [2.05, 4.69) is 25.9 Å². The highest BCUT2D eigenvalue weighted by Gasteiger charge is 2.16. The number of aryl methyl sites for hydroxylation is 2. The molecule has 0 atom stereocenters. The van der Waals surface area contributed by atoms with Gasteiger partial charge >= 0.3 is 0 Å². The number of hydrogen-bond donors (Lipinski definition) is 2. The van der Waals surface area contributed by atoms with Gasteiger partial charge in [0.25, 0.3) is 11.6 Å². The fourth-order valence-electron chi connectivity index (χ4n) is 2.95. The molecule has 12 heteroatoms. The molecular formula is C20H17N7O3S2. The summed E-state index contributed by atoms with van der Waals surface area (Å²) in [5.74, 6) is 0.221. The highest BCUT2D eigenvalue weighted by molar-refractivity contribution is 7.80. The Labute approximate surface area is 191 Å². The SMILES string of the molecule is Cc1ccc(C(=O)NC(=S)NCc2ccc(-c3nn4c(C)nnc4s3)cc2)cc1[N+](=O)[O-]. The summed E-state index contributed by atoms with van der Waals surface area (Å²) in [7, 11) is 0. The summed E-state index contributed by atoms with van der Waals surface area (Å²) < 4.78 is 1.71. The van der Waals surface area contributed by atoms with E-state index >= 15 is 0 Å². The molecule has 2 heterocycles. The molecule has 0 radical (unpaired) electrons. The summed E-state index contributed by atoms with van der Waals surface area (Å²) in [6.45, 7) is 3.86. The van der Waals surface area contributed by atoms with E-state index in [1.165, 1.54) is 29.5 Å². The first-order valence-corrected chi connectivity index (χ1v) is 10.7. The van der Waals surface area contributed by atoms with Crippen molar-refractivity contribution in [3.05, 3.63) is 75.1 Å². The van der Waals surface area contributed by atoms with Crippen LogP contribution in [0.25, 0.3) is 15.5 Å². The molecule has 0 saturated carbocycles. The lowest BCUT2D eigenvalue weighted by molar-refractivity contribution is -0.385. The number of thiocarbonyl (C=S) groups is 1. The number of fused-ring (bicyclic) bond motifs is 1. The molecule has 2 aromatic carbocycles. The van der Waals surface area contributed by atoms with E-state index < -0.39 is 10.8 Å². The monoisotopic (exact) mass is 467 g/mol. The molecule has 0 aliphatic heterocycles. The van der Waals surface area contributed by atoms with Gasteiger partial charge in [-0.3, -0.25) is 20.2 Å². The van der Waals surface area contributed by atoms with Gasteiger partial charge in [-0.05, 0) is 37.7 Å². The molecule has 0 saturated heterocycles. The second kappa shape index (κ2) is 8.77. The molecule has 1 amide bonds. The molecule has 32 heavy (non-hydrogen) atoms. The van der Waals surface area contributed by atoms with Gasteiger partial charge in [0.2, 0.25) is 4.96 Å². The van der Waals surface area contributed by atoms with Gasteiger partial charge in [-0.15, -0.1) is 10.2 Å². The molecule has 0 spiro atoms. The van der Waals surface area contributed by atoms with Crippen molar-refractivity contribution in [3.8, 4) is 10.6 Å². The lowest BCUT2D eigenvalue weighted by Crippen LogP contribution is -2.38. The highest BCUT2D eigenvalue weighted by atomic mass is 32.1. The minimum absolute atomic E-state index is 0.114. The second-order valence-corrected chi connectivity index (χ2v) is 8.31. The molecule has 4 aromatic rings. The third-order valence-electron chi connectivity index (χ3n) is 4.70. The van der Waals surface area contributed by atoms with Gasteiger partial charge in [0.05, 0.1) is 4.92 Å². The fourth-order valence-corrected chi connectivity index (χ4v) is 4.00. The van der Waals surface area contributed by atoms with Gasteiger partial charge in [0.1, 0.15) is 5.01 Å². The van der Waals surface area contributed by atoms with Crippen molar-refractivity contribution < 1.29 is 9.72 Å². The van der Waals surface area contributed by atoms with Crippen LogP contribution in [0.1, 0.15) is 27.3 Å². The van der Waals surface area contributed by atoms with Crippen molar-refractivity contribution in [1.82, 2.24) is 30.4 Å². The zero-order valence-corrected chi connectivity index (χ0v) is 18.7. The quantitative estimate of drug-likeness (QED) is 0.260. The first-order valence-electron chi connectivity index (χ1n) is 9.44. The third-order valence-corrected chi connectivity index (χ3v) is 5.89. The van der Waals surface area contributed by atoms with Gasteiger partial charge in [-0.2, -0.15) is 9.61 Å². The number of hydrogen-bond acceptors (Lipinski definition) is 8. The van der Waals surface area contributed by atoms with Crippen molar-refractivity contribution >= 4 is 45.2 Å². The maximum Gasteiger partial charge on any atom is 0.273 e. The average Bonchev–Trinajstić information content (AvgIpc) is 3.35. The Morgan fingerprint density at radius 2 is 1.94 bits per heavy atom. The van der Waals surface area contributed by atoms with Gasteiger partial charge < -0.3 is 5.32 Å². The summed E-state index contributed by atoms with van der Waals surface area (Å²) in [6, 6.07) is 12.1. The molecular weight excluding hydrogens is 450 g/mol. The number of amides is 1. The summed E-state index contributed by atoms with van der Waals surface area (Å²) in [5.41, 5.74) is 2.44. The van der Waals surface area contributed by atoms with Crippen LogP contribution >= 0.6 is 23.6 Å². The first kappa shape index (κ1) is 21.5. The Balaban J connectivity index is 1.35. The molecule has 2 N–H and O–H groups in total. The molecule has 0 aliphatic carbocycles. The lowest BCUT2D eigenvalue weighted by Gasteiger charge is -2.10. The third kappa shape index (κ3) is 4.45. The number of benzene rings is 2. The zero-order valence-electron chi connectivity index (χ0n) is 17.0. The van der Waals surface area contributed by atoms with Crippen LogP contribution in [0, 0.1) is 24.0 Å². The number of nitrogens with one attached hydrogen (secondary N) is 2. The van der Waals surface area contributed by atoms with Crippen molar-refractivity contribution in [1.29, 1.82) is 0 Å². The van der Waals surface area contributed by atoms with E-state index in [1.807, 2.05) is 31.2 Å². The predicted molar refractivity (Wildman–Crippen MR) is 124 cm³/mol. The minimum Gasteiger partial charge on any atom is -0.358 e. The van der Waals surface area contributed by atoms with Crippen LogP contribution in [-0.2, 0) is 6.54 Å². The van der Waals surface area contributed by atoms with Crippen molar-refractivity contribution in [2.24, 2.45) is 0 Å². The fraction of sp³-hybridized carbons (Fsp3) is 0.150. The Morgan fingerprint density at radius 3 is 2.62 bits per heavy atom. The number of nitro benzene ring substituents is 1. The number of nitrogens with zero attached hydrogens (tertiary/aromatic N) is 5. The van der Waals surface area contributed by atoms with Crippen molar-refractivity contribution in [3.63, 3.8) is 0 Å². The number of rotatable bonds is 5. The van der Waals surface area contributed by atoms with E-state index in [0.717, 1.165) is 26.9 Å². The average molecular weight is 468 g/mol. The summed E-state index contributed by atoms with van der Waals surface area (Å²) >= 11 is 6.64. The van der Waals surface area contributed by atoms with Crippen LogP contribution < -0.4 is 10.6 Å². The van der Waals surface area contributed by atoms with Gasteiger partial charge in [-0.1, -0.05) is 41.7 Å². The molecule has 0 aliphatic rings.